The fourth-order valence-electron chi connectivity index (χ4n) is 13.3. The van der Waals surface area contributed by atoms with Crippen molar-refractivity contribution in [1.29, 1.82) is 0 Å². The van der Waals surface area contributed by atoms with Crippen molar-refractivity contribution in [1.82, 2.24) is 4.90 Å². The van der Waals surface area contributed by atoms with Crippen LogP contribution in [0.2, 0.25) is 0 Å². The lowest BCUT2D eigenvalue weighted by Gasteiger charge is -2.60. The van der Waals surface area contributed by atoms with E-state index in [-0.39, 0.29) is 36.4 Å². The number of fused-ring (bicyclic) bond motifs is 4. The lowest BCUT2D eigenvalue weighted by Crippen LogP contribution is -2.56. The quantitative estimate of drug-likeness (QED) is 0.287. The number of nitrogens with zero attached hydrogens (tertiary/aromatic N) is 1. The van der Waals surface area contributed by atoms with Crippen LogP contribution in [0.5, 0.6) is 0 Å². The number of aliphatic hydroxyl groups is 1. The fourth-order valence-corrected chi connectivity index (χ4v) is 13.3. The number of hydrogen-bond acceptors (Lipinski definition) is 7. The van der Waals surface area contributed by atoms with Gasteiger partial charge in [-0.05, 0) is 143 Å². The highest BCUT2D eigenvalue weighted by Crippen LogP contribution is 2.87. The van der Waals surface area contributed by atoms with Gasteiger partial charge >= 0.3 is 5.97 Å². The van der Waals surface area contributed by atoms with E-state index in [9.17, 15) is 9.90 Å². The molecule has 5 aliphatic carbocycles. The van der Waals surface area contributed by atoms with Gasteiger partial charge in [-0.1, -0.05) is 20.8 Å². The van der Waals surface area contributed by atoms with Crippen LogP contribution >= 0.6 is 0 Å². The Morgan fingerprint density at radius 3 is 2.54 bits per heavy atom. The van der Waals surface area contributed by atoms with Crippen LogP contribution in [-0.4, -0.2) is 90.2 Å². The molecule has 8 heteroatoms. The van der Waals surface area contributed by atoms with Crippen LogP contribution < -0.4 is 0 Å². The molecule has 0 bridgehead atoms. The lowest BCUT2D eigenvalue weighted by molar-refractivity contribution is -0.245. The first-order valence-electron chi connectivity index (χ1n) is 19.0. The first-order valence-corrected chi connectivity index (χ1v) is 19.0. The normalized spacial score (nSPS) is 47.1. The Balaban J connectivity index is 1.02. The molecule has 0 radical (unpaired) electrons. The standard InChI is InChI=1S/C38H63NO7/c1-7-43-33(35(4,5)42)27-12-10-25-28(45-27)21-26-24-11-13-29-34(2,3)30(14-15-38(29)23-37(24,38)17-16-36(25,26)6)46-32-22-39(19-20-44-32)18-8-9-31(40)41/h24-30,32-33,42H,7-23H2,1-6H3,(H,40,41). The van der Waals surface area contributed by atoms with Crippen LogP contribution in [0.3, 0.4) is 0 Å². The zero-order valence-corrected chi connectivity index (χ0v) is 29.6. The van der Waals surface area contributed by atoms with Gasteiger partial charge in [-0.2, -0.15) is 0 Å². The molecule has 8 nitrogen and oxygen atoms in total. The van der Waals surface area contributed by atoms with Crippen LogP contribution in [0.15, 0.2) is 0 Å². The minimum absolute atomic E-state index is 0.0250. The maximum atomic E-state index is 11.0. The zero-order chi connectivity index (χ0) is 32.7. The monoisotopic (exact) mass is 645 g/mol. The Kier molecular flexibility index (Phi) is 8.75. The average molecular weight is 646 g/mol. The summed E-state index contributed by atoms with van der Waals surface area (Å²) < 4.78 is 26.0. The highest BCUT2D eigenvalue weighted by Gasteiger charge is 2.80. The molecule has 0 aromatic rings. The molecule has 5 saturated carbocycles. The van der Waals surface area contributed by atoms with E-state index in [4.69, 9.17) is 24.1 Å². The van der Waals surface area contributed by atoms with Crippen molar-refractivity contribution in [2.45, 2.75) is 155 Å². The average Bonchev–Trinajstić information content (AvgIpc) is 3.56. The summed E-state index contributed by atoms with van der Waals surface area (Å²) in [5.41, 5.74) is 0.523. The number of ether oxygens (including phenoxy) is 4. The van der Waals surface area contributed by atoms with Gasteiger partial charge in [0.05, 0.1) is 30.5 Å². The minimum atomic E-state index is -0.911. The molecule has 12 atom stereocenters. The third kappa shape index (κ3) is 5.33. The Morgan fingerprint density at radius 2 is 1.80 bits per heavy atom. The Morgan fingerprint density at radius 1 is 1.02 bits per heavy atom. The Labute approximate surface area is 277 Å². The van der Waals surface area contributed by atoms with Crippen molar-refractivity contribution in [3.8, 4) is 0 Å². The third-order valence-electron chi connectivity index (χ3n) is 15.2. The second-order valence-corrected chi connectivity index (χ2v) is 18.1. The second-order valence-electron chi connectivity index (χ2n) is 18.1. The number of rotatable bonds is 10. The highest BCUT2D eigenvalue weighted by molar-refractivity contribution is 5.66. The number of carboxylic acids is 1. The van der Waals surface area contributed by atoms with E-state index in [1.807, 2.05) is 20.8 Å². The largest absolute Gasteiger partial charge is 0.481 e. The molecule has 0 aromatic carbocycles. The van der Waals surface area contributed by atoms with Crippen molar-refractivity contribution >= 4 is 5.97 Å². The van der Waals surface area contributed by atoms with Gasteiger partial charge in [-0.3, -0.25) is 9.69 Å². The zero-order valence-electron chi connectivity index (χ0n) is 29.6. The van der Waals surface area contributed by atoms with Gasteiger partial charge in [0.2, 0.25) is 0 Å². The number of hydrogen-bond donors (Lipinski definition) is 2. The second kappa shape index (κ2) is 11.9. The molecule has 2 aliphatic heterocycles. The van der Waals surface area contributed by atoms with Gasteiger partial charge < -0.3 is 29.2 Å². The van der Waals surface area contributed by atoms with Gasteiger partial charge in [0.25, 0.3) is 0 Å². The van der Waals surface area contributed by atoms with Gasteiger partial charge in [0.15, 0.2) is 6.29 Å². The van der Waals surface area contributed by atoms with E-state index < -0.39 is 11.6 Å². The minimum Gasteiger partial charge on any atom is -0.481 e. The summed E-state index contributed by atoms with van der Waals surface area (Å²) in [6.07, 6.45) is 13.4. The van der Waals surface area contributed by atoms with E-state index in [0.29, 0.717) is 53.8 Å². The first-order chi connectivity index (χ1) is 21.7. The molecule has 7 aliphatic rings. The predicted octanol–water partition coefficient (Wildman–Crippen LogP) is 6.28. The molecule has 12 unspecified atom stereocenters. The van der Waals surface area contributed by atoms with Crippen LogP contribution in [0.4, 0.5) is 0 Å². The lowest BCUT2D eigenvalue weighted by atomic mass is 9.46. The number of aliphatic carboxylic acids is 1. The summed E-state index contributed by atoms with van der Waals surface area (Å²) in [4.78, 5) is 13.3. The Hall–Kier alpha value is -0.770. The smallest absolute Gasteiger partial charge is 0.303 e. The topological polar surface area (TPSA) is 97.7 Å². The van der Waals surface area contributed by atoms with Crippen molar-refractivity contribution in [2.24, 2.45) is 45.3 Å². The van der Waals surface area contributed by atoms with Crippen molar-refractivity contribution in [3.05, 3.63) is 0 Å². The third-order valence-corrected chi connectivity index (χ3v) is 15.2. The molecule has 2 saturated heterocycles. The number of carboxylic acid groups (broad SMARTS) is 1. The molecule has 46 heavy (non-hydrogen) atoms. The molecule has 0 aromatic heterocycles. The maximum Gasteiger partial charge on any atom is 0.303 e. The van der Waals surface area contributed by atoms with Crippen molar-refractivity contribution in [2.75, 3.05) is 32.8 Å². The highest BCUT2D eigenvalue weighted by atomic mass is 16.7. The van der Waals surface area contributed by atoms with Crippen molar-refractivity contribution in [3.63, 3.8) is 0 Å². The molecule has 2 N–H and O–H groups in total. The summed E-state index contributed by atoms with van der Waals surface area (Å²) in [7, 11) is 0. The Bertz CT molecular complexity index is 1140. The molecule has 7 rings (SSSR count). The van der Waals surface area contributed by atoms with E-state index in [2.05, 4.69) is 25.7 Å². The van der Waals surface area contributed by atoms with Crippen LogP contribution in [-0.2, 0) is 23.7 Å². The molecular weight excluding hydrogens is 582 g/mol. The van der Waals surface area contributed by atoms with Gasteiger partial charge in [-0.15, -0.1) is 0 Å². The molecule has 0 amide bonds. The summed E-state index contributed by atoms with van der Waals surface area (Å²) in [6, 6.07) is 0. The van der Waals surface area contributed by atoms with Gasteiger partial charge in [-0.25, -0.2) is 0 Å². The van der Waals surface area contributed by atoms with Crippen LogP contribution in [0.1, 0.15) is 119 Å². The van der Waals surface area contributed by atoms with E-state index >= 15 is 0 Å². The molecular formula is C38H63NO7. The van der Waals surface area contributed by atoms with Gasteiger partial charge in [0, 0.05) is 26.1 Å². The summed E-state index contributed by atoms with van der Waals surface area (Å²) in [6.45, 7) is 17.0. The fraction of sp³-hybridized carbons (Fsp3) is 0.974. The van der Waals surface area contributed by atoms with Gasteiger partial charge in [0.1, 0.15) is 6.10 Å². The van der Waals surface area contributed by atoms with E-state index in [1.165, 1.54) is 51.4 Å². The number of morpholine rings is 1. The van der Waals surface area contributed by atoms with Crippen LogP contribution in [0, 0.1) is 45.3 Å². The maximum absolute atomic E-state index is 11.0. The SMILES string of the molecule is CCOC(C1CCC2C(CC3C4CCC5C(C)(C)C(OC6CN(CCCC(=O)O)CCO6)CCC56CC46CCC23C)O1)C(C)(C)O. The first kappa shape index (κ1) is 33.7. The van der Waals surface area contributed by atoms with E-state index in [1.54, 1.807) is 0 Å². The predicted molar refractivity (Wildman–Crippen MR) is 175 cm³/mol. The van der Waals surface area contributed by atoms with Crippen LogP contribution in [0.25, 0.3) is 0 Å². The van der Waals surface area contributed by atoms with Crippen molar-refractivity contribution < 1.29 is 34.0 Å². The molecule has 2 spiro atoms. The number of carbonyl (C=O) groups is 1. The molecule has 2 heterocycles. The molecule has 262 valence electrons. The summed E-state index contributed by atoms with van der Waals surface area (Å²) >= 11 is 0. The molecule has 7 fully saturated rings. The summed E-state index contributed by atoms with van der Waals surface area (Å²) in [5, 5.41) is 20.0. The van der Waals surface area contributed by atoms with E-state index in [0.717, 1.165) is 44.3 Å². The summed E-state index contributed by atoms with van der Waals surface area (Å²) in [5.74, 6) is 2.14.